The molecule has 1 saturated heterocycles. The molecule has 1 aromatic carbocycles. The SMILES string of the molecule is CN1CCC(CNCc2ccc(Br)c(Cl)c2)C1. The van der Waals surface area contributed by atoms with Crippen molar-refractivity contribution in [1.82, 2.24) is 10.2 Å². The normalized spacial score (nSPS) is 21.0. The predicted molar refractivity (Wildman–Crippen MR) is 76.5 cm³/mol. The summed E-state index contributed by atoms with van der Waals surface area (Å²) in [5, 5.41) is 4.29. The number of rotatable bonds is 4. The molecule has 4 heteroatoms. The Bertz CT molecular complexity index is 384. The van der Waals surface area contributed by atoms with Crippen LogP contribution in [0.5, 0.6) is 0 Å². The van der Waals surface area contributed by atoms with Gasteiger partial charge in [-0.3, -0.25) is 0 Å². The van der Waals surface area contributed by atoms with Crippen LogP contribution >= 0.6 is 27.5 Å². The second-order valence-electron chi connectivity index (χ2n) is 4.80. The molecule has 1 N–H and O–H groups in total. The van der Waals surface area contributed by atoms with Gasteiger partial charge in [0, 0.05) is 17.6 Å². The highest BCUT2D eigenvalue weighted by atomic mass is 79.9. The molecule has 1 fully saturated rings. The van der Waals surface area contributed by atoms with Crippen LogP contribution in [0, 0.1) is 5.92 Å². The van der Waals surface area contributed by atoms with Crippen LogP contribution in [0.2, 0.25) is 5.02 Å². The zero-order valence-corrected chi connectivity index (χ0v) is 12.4. The Morgan fingerprint density at radius 3 is 3.00 bits per heavy atom. The zero-order chi connectivity index (χ0) is 12.3. The van der Waals surface area contributed by atoms with Crippen LogP contribution in [0.3, 0.4) is 0 Å². The van der Waals surface area contributed by atoms with E-state index in [0.29, 0.717) is 0 Å². The van der Waals surface area contributed by atoms with Crippen LogP contribution in [0.15, 0.2) is 22.7 Å². The number of likely N-dealkylation sites (tertiary alicyclic amines) is 1. The standard InChI is InChI=1S/C13H18BrClN2/c1-17-5-4-11(9-17)8-16-7-10-2-3-12(14)13(15)6-10/h2-3,6,11,16H,4-5,7-9H2,1H3. The van der Waals surface area contributed by atoms with Crippen molar-refractivity contribution in [2.24, 2.45) is 5.92 Å². The van der Waals surface area contributed by atoms with E-state index in [0.717, 1.165) is 28.5 Å². The predicted octanol–water partition coefficient (Wildman–Crippen LogP) is 3.14. The highest BCUT2D eigenvalue weighted by Gasteiger charge is 2.18. The smallest absolute Gasteiger partial charge is 0.0551 e. The van der Waals surface area contributed by atoms with Crippen LogP contribution in [0.4, 0.5) is 0 Å². The Labute approximate surface area is 116 Å². The van der Waals surface area contributed by atoms with Crippen molar-refractivity contribution in [2.45, 2.75) is 13.0 Å². The van der Waals surface area contributed by atoms with E-state index in [1.165, 1.54) is 25.1 Å². The van der Waals surface area contributed by atoms with Crippen molar-refractivity contribution in [2.75, 3.05) is 26.7 Å². The molecular formula is C13H18BrClN2. The van der Waals surface area contributed by atoms with Gasteiger partial charge in [0.2, 0.25) is 0 Å². The quantitative estimate of drug-likeness (QED) is 0.918. The molecule has 2 nitrogen and oxygen atoms in total. The van der Waals surface area contributed by atoms with E-state index in [4.69, 9.17) is 11.6 Å². The van der Waals surface area contributed by atoms with Crippen molar-refractivity contribution >= 4 is 27.5 Å². The van der Waals surface area contributed by atoms with E-state index in [1.54, 1.807) is 0 Å². The molecule has 94 valence electrons. The lowest BCUT2D eigenvalue weighted by molar-refractivity contribution is 0.388. The fourth-order valence-corrected chi connectivity index (χ4v) is 2.71. The Hall–Kier alpha value is -0.0900. The van der Waals surface area contributed by atoms with Gasteiger partial charge in [-0.25, -0.2) is 0 Å². The van der Waals surface area contributed by atoms with Crippen molar-refractivity contribution in [3.05, 3.63) is 33.3 Å². The molecule has 1 unspecified atom stereocenters. The second kappa shape index (κ2) is 6.19. The largest absolute Gasteiger partial charge is 0.312 e. The van der Waals surface area contributed by atoms with Crippen LogP contribution in [-0.4, -0.2) is 31.6 Å². The molecule has 0 bridgehead atoms. The first-order chi connectivity index (χ1) is 8.15. The van der Waals surface area contributed by atoms with Gasteiger partial charge in [0.25, 0.3) is 0 Å². The molecule has 1 aliphatic heterocycles. The first-order valence-electron chi connectivity index (χ1n) is 5.98. The van der Waals surface area contributed by atoms with Gasteiger partial charge in [-0.1, -0.05) is 17.7 Å². The third kappa shape index (κ3) is 3.95. The first-order valence-corrected chi connectivity index (χ1v) is 7.15. The van der Waals surface area contributed by atoms with Crippen molar-refractivity contribution in [1.29, 1.82) is 0 Å². The number of benzene rings is 1. The maximum atomic E-state index is 6.06. The van der Waals surface area contributed by atoms with Crippen LogP contribution in [0.25, 0.3) is 0 Å². The summed E-state index contributed by atoms with van der Waals surface area (Å²) in [6.45, 7) is 4.44. The Balaban J connectivity index is 1.76. The molecule has 1 aromatic rings. The van der Waals surface area contributed by atoms with Gasteiger partial charge in [-0.05, 0) is 66.1 Å². The van der Waals surface area contributed by atoms with Crippen molar-refractivity contribution < 1.29 is 0 Å². The summed E-state index contributed by atoms with van der Waals surface area (Å²) < 4.78 is 0.959. The lowest BCUT2D eigenvalue weighted by Crippen LogP contribution is -2.24. The summed E-state index contributed by atoms with van der Waals surface area (Å²) in [7, 11) is 2.19. The van der Waals surface area contributed by atoms with Gasteiger partial charge >= 0.3 is 0 Å². The molecular weight excluding hydrogens is 300 g/mol. The van der Waals surface area contributed by atoms with Gasteiger partial charge in [0.05, 0.1) is 5.02 Å². The van der Waals surface area contributed by atoms with Gasteiger partial charge in [0.15, 0.2) is 0 Å². The minimum atomic E-state index is 0.782. The average Bonchev–Trinajstić information content (AvgIpc) is 2.70. The monoisotopic (exact) mass is 316 g/mol. The topological polar surface area (TPSA) is 15.3 Å². The number of hydrogen-bond donors (Lipinski definition) is 1. The maximum Gasteiger partial charge on any atom is 0.0551 e. The minimum Gasteiger partial charge on any atom is -0.312 e. The third-order valence-corrected chi connectivity index (χ3v) is 4.47. The van der Waals surface area contributed by atoms with E-state index in [1.807, 2.05) is 12.1 Å². The molecule has 0 saturated carbocycles. The minimum absolute atomic E-state index is 0.782. The number of halogens is 2. The van der Waals surface area contributed by atoms with Gasteiger partial charge in [-0.2, -0.15) is 0 Å². The molecule has 1 heterocycles. The van der Waals surface area contributed by atoms with E-state index < -0.39 is 0 Å². The lowest BCUT2D eigenvalue weighted by atomic mass is 10.1. The highest BCUT2D eigenvalue weighted by Crippen LogP contribution is 2.23. The second-order valence-corrected chi connectivity index (χ2v) is 6.06. The molecule has 1 atom stereocenters. The third-order valence-electron chi connectivity index (χ3n) is 3.24. The molecule has 0 aliphatic carbocycles. The van der Waals surface area contributed by atoms with Gasteiger partial charge < -0.3 is 10.2 Å². The van der Waals surface area contributed by atoms with E-state index >= 15 is 0 Å². The molecule has 0 radical (unpaired) electrons. The van der Waals surface area contributed by atoms with Crippen molar-refractivity contribution in [3.63, 3.8) is 0 Å². The van der Waals surface area contributed by atoms with Gasteiger partial charge in [0.1, 0.15) is 0 Å². The highest BCUT2D eigenvalue weighted by molar-refractivity contribution is 9.10. The average molecular weight is 318 g/mol. The molecule has 0 spiro atoms. The van der Waals surface area contributed by atoms with E-state index in [2.05, 4.69) is 39.3 Å². The van der Waals surface area contributed by atoms with E-state index in [9.17, 15) is 0 Å². The lowest BCUT2D eigenvalue weighted by Gasteiger charge is -2.12. The molecule has 17 heavy (non-hydrogen) atoms. The Morgan fingerprint density at radius 2 is 2.35 bits per heavy atom. The van der Waals surface area contributed by atoms with Crippen LogP contribution in [0.1, 0.15) is 12.0 Å². The Morgan fingerprint density at radius 1 is 1.53 bits per heavy atom. The molecule has 0 amide bonds. The number of hydrogen-bond acceptors (Lipinski definition) is 2. The summed E-state index contributed by atoms with van der Waals surface area (Å²) >= 11 is 9.46. The first kappa shape index (κ1) is 13.3. The summed E-state index contributed by atoms with van der Waals surface area (Å²) in [5.41, 5.74) is 1.24. The zero-order valence-electron chi connectivity index (χ0n) is 10.0. The summed E-state index contributed by atoms with van der Waals surface area (Å²) in [4.78, 5) is 2.39. The number of nitrogens with zero attached hydrogens (tertiary/aromatic N) is 1. The fraction of sp³-hybridized carbons (Fsp3) is 0.538. The van der Waals surface area contributed by atoms with Gasteiger partial charge in [-0.15, -0.1) is 0 Å². The summed E-state index contributed by atoms with van der Waals surface area (Å²) in [6, 6.07) is 6.12. The fourth-order valence-electron chi connectivity index (χ4n) is 2.26. The van der Waals surface area contributed by atoms with E-state index in [-0.39, 0.29) is 0 Å². The summed E-state index contributed by atoms with van der Waals surface area (Å²) in [6.07, 6.45) is 1.31. The van der Waals surface area contributed by atoms with Crippen LogP contribution in [-0.2, 0) is 6.54 Å². The van der Waals surface area contributed by atoms with Crippen molar-refractivity contribution in [3.8, 4) is 0 Å². The Kier molecular flexibility index (Phi) is 4.86. The maximum absolute atomic E-state index is 6.06. The molecule has 1 aliphatic rings. The van der Waals surface area contributed by atoms with Crippen LogP contribution < -0.4 is 5.32 Å². The number of nitrogens with one attached hydrogen (secondary N) is 1. The molecule has 2 rings (SSSR count). The molecule has 0 aromatic heterocycles. The summed E-state index contributed by atoms with van der Waals surface area (Å²) in [5.74, 6) is 0.797.